The minimum atomic E-state index is 0.198. The molecule has 2 aromatic rings. The Morgan fingerprint density at radius 3 is 2.35 bits per heavy atom. The second kappa shape index (κ2) is 5.96. The number of rotatable bonds is 3. The monoisotopic (exact) mass is 304 g/mol. The van der Waals surface area contributed by atoms with Crippen LogP contribution < -0.4 is 0 Å². The lowest BCUT2D eigenvalue weighted by Gasteiger charge is -2.26. The summed E-state index contributed by atoms with van der Waals surface area (Å²) in [6, 6.07) is 14.5. The Balaban J connectivity index is 1.50. The molecule has 0 spiro atoms. The quantitative estimate of drug-likeness (QED) is 0.610. The van der Waals surface area contributed by atoms with Gasteiger partial charge in [0.15, 0.2) is 5.78 Å². The molecule has 1 saturated carbocycles. The summed E-state index contributed by atoms with van der Waals surface area (Å²) in [7, 11) is 0. The number of hydrogen-bond acceptors (Lipinski definition) is 1. The molecule has 2 aliphatic carbocycles. The van der Waals surface area contributed by atoms with Crippen LogP contribution in [-0.2, 0) is 6.42 Å². The smallest absolute Gasteiger partial charge is 0.194 e. The molecule has 4 rings (SSSR count). The molecule has 0 aromatic heterocycles. The first-order chi connectivity index (χ1) is 11.2. The molecule has 0 saturated heterocycles. The molecular formula is C22H24O. The number of carbonyl (C=O) groups is 1. The molecule has 0 bridgehead atoms. The standard InChI is InChI=1S/C22H24O/c1-15-6-8-16(9-7-15)10-11-17-12-13-19-18-4-2-3-5-20(18)22(23)21(19)14-17/h2-5,12-16H,6-11H2,1H3. The van der Waals surface area contributed by atoms with Crippen LogP contribution in [-0.4, -0.2) is 5.78 Å². The van der Waals surface area contributed by atoms with Crippen molar-refractivity contribution < 1.29 is 4.79 Å². The maximum Gasteiger partial charge on any atom is 0.194 e. The molecule has 0 amide bonds. The Kier molecular flexibility index (Phi) is 3.80. The maximum atomic E-state index is 12.6. The van der Waals surface area contributed by atoms with E-state index in [0.29, 0.717) is 0 Å². The van der Waals surface area contributed by atoms with E-state index in [9.17, 15) is 4.79 Å². The molecule has 1 heteroatoms. The Labute approximate surface area is 138 Å². The lowest BCUT2D eigenvalue weighted by atomic mass is 9.80. The molecule has 1 fully saturated rings. The van der Waals surface area contributed by atoms with E-state index in [1.165, 1.54) is 37.7 Å². The number of aryl methyl sites for hydroxylation is 1. The number of hydrogen-bond donors (Lipinski definition) is 0. The predicted molar refractivity (Wildman–Crippen MR) is 94.8 cm³/mol. The lowest BCUT2D eigenvalue weighted by Crippen LogP contribution is -2.13. The van der Waals surface area contributed by atoms with Crippen LogP contribution in [0.2, 0.25) is 0 Å². The zero-order valence-corrected chi connectivity index (χ0v) is 13.8. The van der Waals surface area contributed by atoms with Gasteiger partial charge in [0, 0.05) is 11.1 Å². The Morgan fingerprint density at radius 1 is 0.870 bits per heavy atom. The molecule has 1 nitrogen and oxygen atoms in total. The average Bonchev–Trinajstić information content (AvgIpc) is 2.87. The van der Waals surface area contributed by atoms with Crippen LogP contribution in [0.1, 0.15) is 60.5 Å². The Bertz CT molecular complexity index is 735. The number of fused-ring (bicyclic) bond motifs is 3. The minimum absolute atomic E-state index is 0.198. The summed E-state index contributed by atoms with van der Waals surface area (Å²) in [6.07, 6.45) is 7.93. The highest BCUT2D eigenvalue weighted by atomic mass is 16.1. The van der Waals surface area contributed by atoms with Crippen LogP contribution in [0, 0.1) is 11.8 Å². The first-order valence-corrected chi connectivity index (χ1v) is 8.99. The van der Waals surface area contributed by atoms with Crippen molar-refractivity contribution in [2.75, 3.05) is 0 Å². The maximum absolute atomic E-state index is 12.6. The second-order valence-corrected chi connectivity index (χ2v) is 7.42. The van der Waals surface area contributed by atoms with Gasteiger partial charge in [0.25, 0.3) is 0 Å². The summed E-state index contributed by atoms with van der Waals surface area (Å²) in [5, 5.41) is 0. The van der Waals surface area contributed by atoms with E-state index in [0.717, 1.165) is 40.5 Å². The molecule has 0 atom stereocenters. The summed E-state index contributed by atoms with van der Waals surface area (Å²) in [5.41, 5.74) is 5.30. The fourth-order valence-electron chi connectivity index (χ4n) is 4.22. The van der Waals surface area contributed by atoms with Crippen LogP contribution in [0.3, 0.4) is 0 Å². The van der Waals surface area contributed by atoms with E-state index in [1.807, 2.05) is 18.2 Å². The van der Waals surface area contributed by atoms with Crippen LogP contribution in [0.15, 0.2) is 42.5 Å². The average molecular weight is 304 g/mol. The van der Waals surface area contributed by atoms with Gasteiger partial charge in [-0.2, -0.15) is 0 Å². The molecule has 2 aromatic carbocycles. The van der Waals surface area contributed by atoms with Crippen LogP contribution in [0.25, 0.3) is 11.1 Å². The topological polar surface area (TPSA) is 17.1 Å². The molecule has 0 radical (unpaired) electrons. The summed E-state index contributed by atoms with van der Waals surface area (Å²) < 4.78 is 0. The van der Waals surface area contributed by atoms with Crippen molar-refractivity contribution in [3.8, 4) is 11.1 Å². The summed E-state index contributed by atoms with van der Waals surface area (Å²) in [5.74, 6) is 2.00. The van der Waals surface area contributed by atoms with Crippen molar-refractivity contribution in [2.45, 2.75) is 45.4 Å². The fraction of sp³-hybridized carbons (Fsp3) is 0.409. The van der Waals surface area contributed by atoms with Crippen molar-refractivity contribution in [1.82, 2.24) is 0 Å². The van der Waals surface area contributed by atoms with Crippen molar-refractivity contribution in [1.29, 1.82) is 0 Å². The van der Waals surface area contributed by atoms with Crippen LogP contribution in [0.5, 0.6) is 0 Å². The fourth-order valence-corrected chi connectivity index (χ4v) is 4.22. The third-order valence-corrected chi connectivity index (χ3v) is 5.77. The van der Waals surface area contributed by atoms with E-state index >= 15 is 0 Å². The minimum Gasteiger partial charge on any atom is -0.289 e. The molecule has 0 aliphatic heterocycles. The zero-order chi connectivity index (χ0) is 15.8. The van der Waals surface area contributed by atoms with Gasteiger partial charge in [-0.15, -0.1) is 0 Å². The highest BCUT2D eigenvalue weighted by Crippen LogP contribution is 2.37. The van der Waals surface area contributed by atoms with Gasteiger partial charge in [0.05, 0.1) is 0 Å². The zero-order valence-electron chi connectivity index (χ0n) is 13.8. The van der Waals surface area contributed by atoms with Crippen molar-refractivity contribution in [3.05, 3.63) is 59.2 Å². The van der Waals surface area contributed by atoms with E-state index < -0.39 is 0 Å². The van der Waals surface area contributed by atoms with Crippen molar-refractivity contribution in [2.24, 2.45) is 11.8 Å². The van der Waals surface area contributed by atoms with E-state index in [2.05, 4.69) is 31.2 Å². The normalized spacial score (nSPS) is 22.7. The van der Waals surface area contributed by atoms with Crippen molar-refractivity contribution in [3.63, 3.8) is 0 Å². The highest BCUT2D eigenvalue weighted by Gasteiger charge is 2.26. The van der Waals surface area contributed by atoms with Gasteiger partial charge in [-0.05, 0) is 47.4 Å². The Hall–Kier alpha value is -1.89. The summed E-state index contributed by atoms with van der Waals surface area (Å²) in [6.45, 7) is 2.37. The van der Waals surface area contributed by atoms with Gasteiger partial charge < -0.3 is 0 Å². The number of carbonyl (C=O) groups excluding carboxylic acids is 1. The molecule has 2 aliphatic rings. The first-order valence-electron chi connectivity index (χ1n) is 8.99. The van der Waals surface area contributed by atoms with Gasteiger partial charge in [-0.1, -0.05) is 69.0 Å². The molecule has 118 valence electrons. The van der Waals surface area contributed by atoms with Crippen LogP contribution in [0.4, 0.5) is 0 Å². The molecule has 23 heavy (non-hydrogen) atoms. The lowest BCUT2D eigenvalue weighted by molar-refractivity contribution is 0.104. The highest BCUT2D eigenvalue weighted by molar-refractivity contribution is 6.21. The predicted octanol–water partition coefficient (Wildman–Crippen LogP) is 5.66. The number of benzene rings is 2. The third kappa shape index (κ3) is 2.73. The van der Waals surface area contributed by atoms with Gasteiger partial charge >= 0.3 is 0 Å². The third-order valence-electron chi connectivity index (χ3n) is 5.77. The van der Waals surface area contributed by atoms with Gasteiger partial charge in [0.1, 0.15) is 0 Å². The Morgan fingerprint density at radius 2 is 1.57 bits per heavy atom. The van der Waals surface area contributed by atoms with E-state index in [1.54, 1.807) is 0 Å². The first kappa shape index (κ1) is 14.7. The van der Waals surface area contributed by atoms with Crippen molar-refractivity contribution >= 4 is 5.78 Å². The molecular weight excluding hydrogens is 280 g/mol. The number of ketones is 1. The largest absolute Gasteiger partial charge is 0.289 e. The summed E-state index contributed by atoms with van der Waals surface area (Å²) >= 11 is 0. The van der Waals surface area contributed by atoms with Gasteiger partial charge in [-0.25, -0.2) is 0 Å². The van der Waals surface area contributed by atoms with E-state index in [4.69, 9.17) is 0 Å². The van der Waals surface area contributed by atoms with Crippen LogP contribution >= 0.6 is 0 Å². The molecule has 0 heterocycles. The summed E-state index contributed by atoms with van der Waals surface area (Å²) in [4.78, 5) is 12.6. The van der Waals surface area contributed by atoms with Gasteiger partial charge in [0.2, 0.25) is 0 Å². The molecule has 0 unspecified atom stereocenters. The van der Waals surface area contributed by atoms with E-state index in [-0.39, 0.29) is 5.78 Å². The SMILES string of the molecule is CC1CCC(CCc2ccc3c(c2)C(=O)c2ccccc2-3)CC1. The second-order valence-electron chi connectivity index (χ2n) is 7.42. The van der Waals surface area contributed by atoms with Gasteiger partial charge in [-0.3, -0.25) is 4.79 Å². The molecule has 0 N–H and O–H groups in total.